The minimum atomic E-state index is -1.73. The molecule has 0 aliphatic heterocycles. The van der Waals surface area contributed by atoms with Gasteiger partial charge in [0.1, 0.15) is 0 Å². The van der Waals surface area contributed by atoms with Crippen LogP contribution >= 0.6 is 0 Å². The van der Waals surface area contributed by atoms with Gasteiger partial charge < -0.3 is 4.74 Å². The molecule has 2 nitrogen and oxygen atoms in total. The van der Waals surface area contributed by atoms with Gasteiger partial charge in [0.2, 0.25) is 0 Å². The van der Waals surface area contributed by atoms with Gasteiger partial charge in [0.25, 0.3) is 0 Å². The van der Waals surface area contributed by atoms with Gasteiger partial charge in [-0.1, -0.05) is 96.7 Å². The van der Waals surface area contributed by atoms with Crippen LogP contribution < -0.4 is 0 Å². The second kappa shape index (κ2) is 17.5. The van der Waals surface area contributed by atoms with Gasteiger partial charge in [0, 0.05) is 10.5 Å². The highest BCUT2D eigenvalue weighted by molar-refractivity contribution is 5.68. The van der Waals surface area contributed by atoms with Crippen LogP contribution in [0.15, 0.2) is 0 Å². The van der Waals surface area contributed by atoms with Gasteiger partial charge in [-0.3, -0.25) is 4.79 Å². The first-order valence-electron chi connectivity index (χ1n) is 10.5. The number of carbonyl (C=O) groups is 1. The summed E-state index contributed by atoms with van der Waals surface area (Å²) in [6, 6.07) is 0. The molecule has 0 aliphatic carbocycles. The van der Waals surface area contributed by atoms with E-state index in [0.717, 1.165) is 25.7 Å². The maximum atomic E-state index is 10.9. The standard InChI is InChI=1S/C19H38O2/c1-3-4-5-6-7-8-9-10-11-12-13-14-15-16-17-18-19(20)21-2/h3-18H2,1-2H3/i1D3. The fourth-order valence-electron chi connectivity index (χ4n) is 2.62. The van der Waals surface area contributed by atoms with E-state index in [2.05, 4.69) is 4.74 Å². The third-order valence-electron chi connectivity index (χ3n) is 4.04. The average Bonchev–Trinajstić information content (AvgIpc) is 2.53. The number of methoxy groups -OCH3 is 1. The van der Waals surface area contributed by atoms with Crippen molar-refractivity contribution in [3.05, 3.63) is 0 Å². The predicted molar refractivity (Wildman–Crippen MR) is 91.6 cm³/mol. The first-order chi connectivity index (χ1) is 11.5. The van der Waals surface area contributed by atoms with Gasteiger partial charge in [-0.05, 0) is 6.42 Å². The summed E-state index contributed by atoms with van der Waals surface area (Å²) in [6.45, 7) is -1.73. The van der Waals surface area contributed by atoms with E-state index in [1.54, 1.807) is 0 Å². The van der Waals surface area contributed by atoms with E-state index in [0.29, 0.717) is 12.8 Å². The Kier molecular flexibility index (Phi) is 12.8. The van der Waals surface area contributed by atoms with Crippen LogP contribution in [0, 0.1) is 0 Å². The monoisotopic (exact) mass is 301 g/mol. The summed E-state index contributed by atoms with van der Waals surface area (Å²) in [5.74, 6) is -0.0905. The van der Waals surface area contributed by atoms with Crippen molar-refractivity contribution >= 4 is 5.97 Å². The SMILES string of the molecule is [2H]C([2H])([2H])CCCCCCCCCCCCCCCCC(=O)OC. The summed E-state index contributed by atoms with van der Waals surface area (Å²) < 4.78 is 26.1. The largest absolute Gasteiger partial charge is 0.469 e. The Labute approximate surface area is 137 Å². The van der Waals surface area contributed by atoms with E-state index in [1.165, 1.54) is 71.3 Å². The maximum absolute atomic E-state index is 10.9. The molecule has 2 heteroatoms. The van der Waals surface area contributed by atoms with Crippen LogP contribution in [0.1, 0.15) is 114 Å². The smallest absolute Gasteiger partial charge is 0.305 e. The zero-order chi connectivity index (χ0) is 18.1. The van der Waals surface area contributed by atoms with Gasteiger partial charge in [0.05, 0.1) is 7.11 Å². The molecule has 0 aliphatic rings. The van der Waals surface area contributed by atoms with Crippen LogP contribution in [0.2, 0.25) is 0 Å². The highest BCUT2D eigenvalue weighted by Gasteiger charge is 1.99. The average molecular weight is 302 g/mol. The topological polar surface area (TPSA) is 26.3 Å². The summed E-state index contributed by atoms with van der Waals surface area (Å²) in [7, 11) is 1.45. The lowest BCUT2D eigenvalue weighted by Crippen LogP contribution is -1.99. The molecule has 0 saturated carbocycles. The van der Waals surface area contributed by atoms with Gasteiger partial charge >= 0.3 is 5.97 Å². The zero-order valence-electron chi connectivity index (χ0n) is 17.1. The summed E-state index contributed by atoms with van der Waals surface area (Å²) in [4.78, 5) is 10.9. The second-order valence-corrected chi connectivity index (χ2v) is 6.03. The lowest BCUT2D eigenvalue weighted by molar-refractivity contribution is -0.140. The van der Waals surface area contributed by atoms with Crippen molar-refractivity contribution in [1.29, 1.82) is 0 Å². The highest BCUT2D eigenvalue weighted by Crippen LogP contribution is 2.13. The second-order valence-electron chi connectivity index (χ2n) is 6.03. The predicted octanol–water partition coefficient (Wildman–Crippen LogP) is 6.42. The van der Waals surface area contributed by atoms with Gasteiger partial charge in [0.15, 0.2) is 0 Å². The van der Waals surface area contributed by atoms with E-state index < -0.39 is 6.85 Å². The molecular weight excluding hydrogens is 260 g/mol. The van der Waals surface area contributed by atoms with Crippen molar-refractivity contribution in [2.45, 2.75) is 110 Å². The van der Waals surface area contributed by atoms with Crippen LogP contribution in [0.5, 0.6) is 0 Å². The Morgan fingerprint density at radius 3 is 1.48 bits per heavy atom. The molecule has 126 valence electrons. The molecule has 0 aromatic rings. The molecule has 0 unspecified atom stereocenters. The number of esters is 1. The lowest BCUT2D eigenvalue weighted by atomic mass is 10.0. The van der Waals surface area contributed by atoms with E-state index >= 15 is 0 Å². The van der Waals surface area contributed by atoms with Crippen molar-refractivity contribution in [2.75, 3.05) is 7.11 Å². The van der Waals surface area contributed by atoms with Crippen LogP contribution in [0.4, 0.5) is 0 Å². The van der Waals surface area contributed by atoms with E-state index in [-0.39, 0.29) is 5.97 Å². The Balaban J connectivity index is 3.06. The van der Waals surface area contributed by atoms with E-state index in [4.69, 9.17) is 4.11 Å². The minimum absolute atomic E-state index is 0.0905. The fourth-order valence-corrected chi connectivity index (χ4v) is 2.62. The first kappa shape index (κ1) is 15.4. The Hall–Kier alpha value is -0.530. The molecule has 0 rings (SSSR count). The minimum Gasteiger partial charge on any atom is -0.469 e. The van der Waals surface area contributed by atoms with Crippen LogP contribution in [-0.4, -0.2) is 13.1 Å². The van der Waals surface area contributed by atoms with Crippen molar-refractivity contribution in [3.8, 4) is 0 Å². The van der Waals surface area contributed by atoms with E-state index in [9.17, 15) is 4.79 Å². The number of carbonyl (C=O) groups excluding carboxylic acids is 1. The Morgan fingerprint density at radius 2 is 1.10 bits per heavy atom. The van der Waals surface area contributed by atoms with Crippen molar-refractivity contribution < 1.29 is 13.6 Å². The summed E-state index contributed by atoms with van der Waals surface area (Å²) in [6.07, 6.45) is 17.8. The number of rotatable bonds is 16. The first-order valence-corrected chi connectivity index (χ1v) is 9.02. The molecule has 0 N–H and O–H groups in total. The van der Waals surface area contributed by atoms with Gasteiger partial charge in [-0.15, -0.1) is 0 Å². The molecule has 0 heterocycles. The summed E-state index contributed by atoms with van der Waals surface area (Å²) >= 11 is 0. The molecular formula is C19H38O2. The molecule has 21 heavy (non-hydrogen) atoms. The lowest BCUT2D eigenvalue weighted by Gasteiger charge is -2.03. The number of hydrogen-bond acceptors (Lipinski definition) is 2. The van der Waals surface area contributed by atoms with Gasteiger partial charge in [-0.25, -0.2) is 0 Å². The molecule has 0 atom stereocenters. The molecule has 0 amide bonds. The van der Waals surface area contributed by atoms with Crippen LogP contribution in [-0.2, 0) is 9.53 Å². The summed E-state index contributed by atoms with van der Waals surface area (Å²) in [5, 5.41) is 0. The molecule has 0 aromatic carbocycles. The van der Waals surface area contributed by atoms with Crippen molar-refractivity contribution in [3.63, 3.8) is 0 Å². The van der Waals surface area contributed by atoms with Crippen LogP contribution in [0.3, 0.4) is 0 Å². The number of unbranched alkanes of at least 4 members (excludes halogenated alkanes) is 13. The molecule has 0 bridgehead atoms. The van der Waals surface area contributed by atoms with Crippen LogP contribution in [0.25, 0.3) is 0 Å². The highest BCUT2D eigenvalue weighted by atomic mass is 16.5. The molecule has 0 saturated heterocycles. The Bertz CT molecular complexity index is 291. The van der Waals surface area contributed by atoms with Gasteiger partial charge in [-0.2, -0.15) is 0 Å². The molecule has 0 fully saturated rings. The third-order valence-corrected chi connectivity index (χ3v) is 4.04. The molecule has 0 radical (unpaired) electrons. The van der Waals surface area contributed by atoms with E-state index in [1.807, 2.05) is 0 Å². The number of ether oxygens (including phenoxy) is 1. The molecule has 0 aromatic heterocycles. The van der Waals surface area contributed by atoms with Crippen molar-refractivity contribution in [2.24, 2.45) is 0 Å². The fraction of sp³-hybridized carbons (Fsp3) is 0.947. The quantitative estimate of drug-likeness (QED) is 0.243. The number of hydrogen-bond donors (Lipinski definition) is 0. The summed E-state index contributed by atoms with van der Waals surface area (Å²) in [5.41, 5.74) is 0. The maximum Gasteiger partial charge on any atom is 0.305 e. The normalized spacial score (nSPS) is 13.5. The zero-order valence-corrected chi connectivity index (χ0v) is 14.1. The molecule has 0 spiro atoms. The van der Waals surface area contributed by atoms with Crippen molar-refractivity contribution in [1.82, 2.24) is 0 Å². The Morgan fingerprint density at radius 1 is 0.714 bits per heavy atom. The third kappa shape index (κ3) is 17.4.